The lowest BCUT2D eigenvalue weighted by atomic mass is 9.97. The standard InChI is InChI=1S/C29H39ClN4O6.C21H26ClN3O3Si.C18H18ClN3O3/c30-25-18-24-26(33-20-34(29(24)38)19-23(36)17-27-28(37)9-4-11-32-27)16-21(25)6-2-1-3-7-22(35)8-5-12-39-14-15-40-13-10-31;1-29(2,3)8-6-14-9-18-16(11-17(14)22)21(28)25(13-24-18)12-15(26)10-19-20(27)5-4-7-23-19;1-2-11-6-15-13(8-14(11)19)18(25)22(10-21-15)9-12(23)7-16-17(24)4-3-5-20-16/h16,18,20,27-28,32,37H,1,3-5,7-15,17,19,31H2;9,11,13,19-20,23,27H,4-5,7,10,12H2,1-3H3;1,6,8,10,16-17,20,24H,3-5,7,9H2. The largest absolute Gasteiger partial charge is 0.391 e. The molecule has 22 nitrogen and oxygen atoms in total. The fourth-order valence-electron chi connectivity index (χ4n) is 10.8. The molecule has 0 radical (unpaired) electrons. The number of hydrogen-bond acceptors (Lipinski definition) is 19. The second-order valence-corrected chi connectivity index (χ2v) is 30.5. The number of unbranched alkanes of at least 4 members (excludes halogenated alkanes) is 1. The molecule has 6 aromatic rings. The fraction of sp³-hybridized carbons (Fsp3) is 0.500. The molecule has 3 aromatic carbocycles. The van der Waals surface area contributed by atoms with Crippen LogP contribution < -0.4 is 38.4 Å². The van der Waals surface area contributed by atoms with E-state index in [0.717, 1.165) is 38.9 Å². The van der Waals surface area contributed by atoms with E-state index in [1.54, 1.807) is 24.3 Å². The van der Waals surface area contributed by atoms with Crippen molar-refractivity contribution in [2.24, 2.45) is 5.73 Å². The van der Waals surface area contributed by atoms with Crippen LogP contribution in [0, 0.1) is 35.6 Å². The third-order valence-electron chi connectivity index (χ3n) is 15.9. The molecular weight excluding hydrogens is 1280 g/mol. The van der Waals surface area contributed by atoms with Crippen molar-refractivity contribution in [3.63, 3.8) is 0 Å². The Morgan fingerprint density at radius 3 is 1.35 bits per heavy atom. The van der Waals surface area contributed by atoms with Gasteiger partial charge in [0.1, 0.15) is 13.9 Å². The summed E-state index contributed by atoms with van der Waals surface area (Å²) in [6, 6.07) is 8.72. The van der Waals surface area contributed by atoms with Gasteiger partial charge in [0.05, 0.1) is 125 Å². The number of Topliss-reactive ketones (excluding diaryl/α,β-unsaturated/α-hetero) is 4. The van der Waals surface area contributed by atoms with Crippen molar-refractivity contribution in [1.82, 2.24) is 44.6 Å². The number of carbonyl (C=O) groups is 4. The molecule has 0 amide bonds. The number of nitrogens with two attached hydrogens (primary N) is 1. The first-order valence-electron chi connectivity index (χ1n) is 31.7. The molecule has 0 spiro atoms. The van der Waals surface area contributed by atoms with Gasteiger partial charge in [-0.1, -0.05) is 78.1 Å². The van der Waals surface area contributed by atoms with Crippen LogP contribution in [0.25, 0.3) is 32.7 Å². The van der Waals surface area contributed by atoms with Crippen LogP contribution in [-0.2, 0) is 48.3 Å². The summed E-state index contributed by atoms with van der Waals surface area (Å²) in [4.78, 5) is 101. The summed E-state index contributed by atoms with van der Waals surface area (Å²) in [5.41, 5.74) is 10.6. The summed E-state index contributed by atoms with van der Waals surface area (Å²) in [7, 11) is -1.56. The molecule has 6 unspecified atom stereocenters. The van der Waals surface area contributed by atoms with Crippen molar-refractivity contribution >= 4 is 98.7 Å². The van der Waals surface area contributed by atoms with Gasteiger partial charge in [-0.3, -0.25) is 47.3 Å². The van der Waals surface area contributed by atoms with Gasteiger partial charge in [0.15, 0.2) is 17.3 Å². The predicted octanol–water partition coefficient (Wildman–Crippen LogP) is 5.44. The van der Waals surface area contributed by atoms with Crippen molar-refractivity contribution in [2.75, 3.05) is 52.6 Å². The van der Waals surface area contributed by atoms with Crippen molar-refractivity contribution in [3.05, 3.63) is 118 Å². The topological polar surface area (TPSA) is 314 Å². The Kier molecular flexibility index (Phi) is 29.3. The number of aromatic nitrogens is 6. The second kappa shape index (κ2) is 36.9. The van der Waals surface area contributed by atoms with E-state index in [-0.39, 0.29) is 96.8 Å². The summed E-state index contributed by atoms with van der Waals surface area (Å²) >= 11 is 18.8. The van der Waals surface area contributed by atoms with Crippen molar-refractivity contribution < 1.29 is 44.0 Å². The number of terminal acetylenes is 1. The maximum Gasteiger partial charge on any atom is 0.261 e. The molecule has 0 aliphatic carbocycles. The molecule has 3 fully saturated rings. The number of benzene rings is 3. The normalized spacial score (nSPS) is 18.7. The molecule has 9 rings (SSSR count). The average Bonchev–Trinajstić information content (AvgIpc) is 0.833. The fourth-order valence-corrected chi connectivity index (χ4v) is 11.9. The molecule has 8 N–H and O–H groups in total. The number of carbonyl (C=O) groups excluding carboxylic acids is 4. The highest BCUT2D eigenvalue weighted by Crippen LogP contribution is 2.24. The highest BCUT2D eigenvalue weighted by atomic mass is 35.5. The highest BCUT2D eigenvalue weighted by molar-refractivity contribution is 6.83. The molecule has 502 valence electrons. The predicted molar refractivity (Wildman–Crippen MR) is 367 cm³/mol. The summed E-state index contributed by atoms with van der Waals surface area (Å²) in [5.74, 6) is 11.3. The molecule has 3 saturated heterocycles. The second-order valence-electron chi connectivity index (χ2n) is 24.6. The van der Waals surface area contributed by atoms with Crippen LogP contribution in [0.5, 0.6) is 0 Å². The molecule has 6 heterocycles. The van der Waals surface area contributed by atoms with Crippen LogP contribution in [-0.4, -0.2) is 164 Å². The van der Waals surface area contributed by atoms with Gasteiger partial charge in [-0.2, -0.15) is 0 Å². The lowest BCUT2D eigenvalue weighted by Gasteiger charge is -2.28. The number of nitrogens with zero attached hydrogens (tertiary/aromatic N) is 6. The Labute approximate surface area is 562 Å². The summed E-state index contributed by atoms with van der Waals surface area (Å²) in [5, 5.41) is 41.5. The third-order valence-corrected chi connectivity index (χ3v) is 17.7. The van der Waals surface area contributed by atoms with E-state index in [2.05, 4.69) is 79.8 Å². The van der Waals surface area contributed by atoms with Crippen molar-refractivity contribution in [2.45, 2.75) is 166 Å². The van der Waals surface area contributed by atoms with E-state index in [0.29, 0.717) is 149 Å². The third kappa shape index (κ3) is 22.7. The number of aliphatic hydroxyl groups excluding tert-OH is 3. The minimum absolute atomic E-state index is 0.0819. The number of fused-ring (bicyclic) bond motifs is 3. The molecule has 6 atom stereocenters. The van der Waals surface area contributed by atoms with Crippen LogP contribution in [0.15, 0.2) is 69.8 Å². The van der Waals surface area contributed by atoms with E-state index < -0.39 is 26.4 Å². The number of nitrogens with one attached hydrogen (secondary N) is 3. The number of halogens is 3. The monoisotopic (exact) mass is 1360 g/mol. The van der Waals surface area contributed by atoms with Gasteiger partial charge >= 0.3 is 0 Å². The van der Waals surface area contributed by atoms with Gasteiger partial charge in [0.25, 0.3) is 16.7 Å². The first-order chi connectivity index (χ1) is 45.0. The number of hydrogen-bond donors (Lipinski definition) is 7. The molecule has 3 aromatic heterocycles. The van der Waals surface area contributed by atoms with Gasteiger partial charge in [0.2, 0.25) is 0 Å². The highest BCUT2D eigenvalue weighted by Gasteiger charge is 2.28. The van der Waals surface area contributed by atoms with E-state index >= 15 is 0 Å². The Morgan fingerprint density at radius 2 is 0.957 bits per heavy atom. The average molecular weight is 1370 g/mol. The van der Waals surface area contributed by atoms with Crippen molar-refractivity contribution in [1.29, 1.82) is 0 Å². The van der Waals surface area contributed by atoms with E-state index in [4.69, 9.17) is 56.4 Å². The number of ether oxygens (including phenoxy) is 2. The summed E-state index contributed by atoms with van der Waals surface area (Å²) in [6.45, 7) is 11.0. The summed E-state index contributed by atoms with van der Waals surface area (Å²) < 4.78 is 14.5. The van der Waals surface area contributed by atoms with Gasteiger partial charge in [-0.15, -0.1) is 12.0 Å². The zero-order valence-corrected chi connectivity index (χ0v) is 56.6. The minimum atomic E-state index is -1.56. The molecule has 26 heteroatoms. The number of aliphatic hydroxyl groups is 3. The first-order valence-corrected chi connectivity index (χ1v) is 36.4. The molecule has 3 aliphatic heterocycles. The van der Waals surface area contributed by atoms with Crippen LogP contribution >= 0.6 is 34.8 Å². The minimum Gasteiger partial charge on any atom is -0.391 e. The number of rotatable bonds is 24. The molecule has 3 aliphatic rings. The van der Waals surface area contributed by atoms with Gasteiger partial charge in [0, 0.05) is 86.5 Å². The Bertz CT molecular complexity index is 4030. The molecule has 94 heavy (non-hydrogen) atoms. The van der Waals surface area contributed by atoms with Gasteiger partial charge in [-0.05, 0) is 107 Å². The zero-order valence-electron chi connectivity index (χ0n) is 53.3. The smallest absolute Gasteiger partial charge is 0.261 e. The van der Waals surface area contributed by atoms with Crippen LogP contribution in [0.3, 0.4) is 0 Å². The quantitative estimate of drug-likeness (QED) is 0.0225. The van der Waals surface area contributed by atoms with Crippen LogP contribution in [0.1, 0.15) is 107 Å². The lowest BCUT2D eigenvalue weighted by molar-refractivity contribution is -0.121. The Morgan fingerprint density at radius 1 is 0.574 bits per heavy atom. The van der Waals surface area contributed by atoms with Gasteiger partial charge in [-0.25, -0.2) is 15.0 Å². The lowest BCUT2D eigenvalue weighted by Crippen LogP contribution is -2.46. The summed E-state index contributed by atoms with van der Waals surface area (Å²) in [6.07, 6.45) is 15.8. The first kappa shape index (κ1) is 74.6. The maximum absolute atomic E-state index is 13.0. The van der Waals surface area contributed by atoms with E-state index in [1.807, 2.05) is 0 Å². The van der Waals surface area contributed by atoms with Crippen molar-refractivity contribution in [3.8, 4) is 35.6 Å². The Balaban J connectivity index is 0.000000206. The maximum atomic E-state index is 13.0. The molecule has 0 bridgehead atoms. The molecule has 0 saturated carbocycles. The van der Waals surface area contributed by atoms with Crippen LogP contribution in [0.2, 0.25) is 34.7 Å². The zero-order chi connectivity index (χ0) is 67.9. The number of piperidine rings is 3. The van der Waals surface area contributed by atoms with Crippen LogP contribution in [0.4, 0.5) is 0 Å². The SMILES string of the molecule is C#Cc1cc2ncn(CC(=O)CC3NCCCC3O)c(=O)c2cc1Cl.C[Si](C)(C)C#Cc1cc2ncn(CC(=O)CC3NCCCC3O)c(=O)c2cc1Cl.NCCOCCOCCCC(=O)CCCC#Cc1cc2ncn(CC(=O)CC3NCCCC3O)c(=O)c2cc1Cl. The Hall–Kier alpha value is -6.83. The van der Waals surface area contributed by atoms with E-state index in [1.165, 1.54) is 44.8 Å². The van der Waals surface area contributed by atoms with E-state index in [9.17, 15) is 48.9 Å². The number of ketones is 4. The van der Waals surface area contributed by atoms with Gasteiger partial charge < -0.3 is 46.5 Å². The molecular formula is C68H83Cl3N10O12Si.